The van der Waals surface area contributed by atoms with E-state index >= 15 is 0 Å². The molecule has 0 spiro atoms. The molecule has 0 saturated carbocycles. The molecule has 0 radical (unpaired) electrons. The molecule has 0 aliphatic carbocycles. The van der Waals surface area contributed by atoms with Crippen LogP contribution in [0.4, 0.5) is 4.39 Å². The third kappa shape index (κ3) is 4.39. The minimum Gasteiger partial charge on any atom is -0.488 e. The standard InChI is InChI=1S/C24H17FN4O3/c25-18-12-10-17(11-13-18)24-28-27-22(31-24)14-21-26-23(29-32-21)19-8-4-5-9-20(19)30-15-16-6-2-1-3-7-16/h1-13H,14-15H2. The minimum atomic E-state index is -0.333. The Kier molecular flexibility index (Phi) is 5.40. The Hall–Kier alpha value is -4.33. The van der Waals surface area contributed by atoms with Crippen molar-refractivity contribution in [1.82, 2.24) is 20.3 Å². The molecule has 5 rings (SSSR count). The second kappa shape index (κ2) is 8.81. The van der Waals surface area contributed by atoms with Gasteiger partial charge in [-0.05, 0) is 42.0 Å². The summed E-state index contributed by atoms with van der Waals surface area (Å²) < 4.78 is 30.1. The van der Waals surface area contributed by atoms with E-state index in [1.54, 1.807) is 12.1 Å². The maximum absolute atomic E-state index is 13.1. The van der Waals surface area contributed by atoms with Crippen LogP contribution in [-0.2, 0) is 13.0 Å². The highest BCUT2D eigenvalue weighted by molar-refractivity contribution is 5.63. The molecule has 0 atom stereocenters. The smallest absolute Gasteiger partial charge is 0.247 e. The average molecular weight is 428 g/mol. The molecule has 0 unspecified atom stereocenters. The van der Waals surface area contributed by atoms with E-state index in [-0.39, 0.29) is 12.2 Å². The summed E-state index contributed by atoms with van der Waals surface area (Å²) in [5.41, 5.74) is 2.40. The van der Waals surface area contributed by atoms with E-state index in [2.05, 4.69) is 20.3 Å². The molecule has 0 bridgehead atoms. The molecule has 2 heterocycles. The first-order chi connectivity index (χ1) is 15.7. The highest BCUT2D eigenvalue weighted by atomic mass is 19.1. The van der Waals surface area contributed by atoms with E-state index in [1.807, 2.05) is 54.6 Å². The zero-order chi connectivity index (χ0) is 21.8. The maximum Gasteiger partial charge on any atom is 0.247 e. The Morgan fingerprint density at radius 3 is 2.44 bits per heavy atom. The molecule has 0 N–H and O–H groups in total. The third-order valence-electron chi connectivity index (χ3n) is 4.69. The SMILES string of the molecule is Fc1ccc(-c2nnc(Cc3nc(-c4ccccc4OCc4ccccc4)no3)o2)cc1. The van der Waals surface area contributed by atoms with Gasteiger partial charge in [0.05, 0.1) is 5.56 Å². The number of benzene rings is 3. The van der Waals surface area contributed by atoms with Crippen molar-refractivity contribution in [1.29, 1.82) is 0 Å². The van der Waals surface area contributed by atoms with Crippen LogP contribution in [0.1, 0.15) is 17.3 Å². The molecular weight excluding hydrogens is 411 g/mol. The molecule has 32 heavy (non-hydrogen) atoms. The summed E-state index contributed by atoms with van der Waals surface area (Å²) in [6.45, 7) is 0.427. The van der Waals surface area contributed by atoms with Crippen molar-refractivity contribution in [2.24, 2.45) is 0 Å². The number of ether oxygens (including phenoxy) is 1. The van der Waals surface area contributed by atoms with Gasteiger partial charge in [0, 0.05) is 5.56 Å². The fourth-order valence-corrected chi connectivity index (χ4v) is 3.11. The summed E-state index contributed by atoms with van der Waals surface area (Å²) in [7, 11) is 0. The van der Waals surface area contributed by atoms with E-state index in [0.29, 0.717) is 41.4 Å². The van der Waals surface area contributed by atoms with Crippen molar-refractivity contribution in [2.75, 3.05) is 0 Å². The topological polar surface area (TPSA) is 87.1 Å². The van der Waals surface area contributed by atoms with E-state index < -0.39 is 0 Å². The maximum atomic E-state index is 13.1. The van der Waals surface area contributed by atoms with Gasteiger partial charge in [0.15, 0.2) is 0 Å². The Morgan fingerprint density at radius 1 is 0.812 bits per heavy atom. The predicted molar refractivity (Wildman–Crippen MR) is 113 cm³/mol. The van der Waals surface area contributed by atoms with Crippen LogP contribution in [-0.4, -0.2) is 20.3 Å². The summed E-state index contributed by atoms with van der Waals surface area (Å²) in [6.07, 6.45) is 0.175. The number of nitrogens with zero attached hydrogens (tertiary/aromatic N) is 4. The summed E-state index contributed by atoms with van der Waals surface area (Å²) in [4.78, 5) is 4.45. The molecular formula is C24H17FN4O3. The average Bonchev–Trinajstić information content (AvgIpc) is 3.49. The van der Waals surface area contributed by atoms with Crippen molar-refractivity contribution in [2.45, 2.75) is 13.0 Å². The molecule has 8 heteroatoms. The first-order valence-corrected chi connectivity index (χ1v) is 9.91. The molecule has 0 amide bonds. The fourth-order valence-electron chi connectivity index (χ4n) is 3.11. The quantitative estimate of drug-likeness (QED) is 0.357. The fraction of sp³-hybridized carbons (Fsp3) is 0.0833. The molecule has 3 aromatic carbocycles. The monoisotopic (exact) mass is 428 g/mol. The number of hydrogen-bond donors (Lipinski definition) is 0. The highest BCUT2D eigenvalue weighted by Gasteiger charge is 2.17. The first kappa shape index (κ1) is 19.6. The lowest BCUT2D eigenvalue weighted by molar-refractivity contribution is 0.307. The van der Waals surface area contributed by atoms with Crippen LogP contribution in [0.2, 0.25) is 0 Å². The van der Waals surface area contributed by atoms with Gasteiger partial charge in [-0.2, -0.15) is 4.98 Å². The highest BCUT2D eigenvalue weighted by Crippen LogP contribution is 2.29. The molecule has 0 saturated heterocycles. The second-order valence-electron chi connectivity index (χ2n) is 6.97. The third-order valence-corrected chi connectivity index (χ3v) is 4.69. The van der Waals surface area contributed by atoms with E-state index in [1.165, 1.54) is 12.1 Å². The van der Waals surface area contributed by atoms with Crippen LogP contribution in [0.15, 0.2) is 87.8 Å². The van der Waals surface area contributed by atoms with Crippen LogP contribution >= 0.6 is 0 Å². The first-order valence-electron chi connectivity index (χ1n) is 9.91. The molecule has 0 aliphatic rings. The van der Waals surface area contributed by atoms with Gasteiger partial charge in [0.1, 0.15) is 24.6 Å². The lowest BCUT2D eigenvalue weighted by atomic mass is 10.2. The number of rotatable bonds is 7. The zero-order valence-electron chi connectivity index (χ0n) is 16.8. The molecule has 0 aliphatic heterocycles. The van der Waals surface area contributed by atoms with Crippen molar-refractivity contribution in [3.63, 3.8) is 0 Å². The van der Waals surface area contributed by atoms with Crippen LogP contribution in [0.3, 0.4) is 0 Å². The summed E-state index contributed by atoms with van der Waals surface area (Å²) in [5.74, 6) is 1.65. The van der Waals surface area contributed by atoms with Crippen LogP contribution in [0.5, 0.6) is 5.75 Å². The van der Waals surface area contributed by atoms with Crippen LogP contribution in [0, 0.1) is 5.82 Å². The van der Waals surface area contributed by atoms with Gasteiger partial charge in [-0.15, -0.1) is 10.2 Å². The Morgan fingerprint density at radius 2 is 1.59 bits per heavy atom. The lowest BCUT2D eigenvalue weighted by Gasteiger charge is -2.09. The van der Waals surface area contributed by atoms with E-state index in [4.69, 9.17) is 13.7 Å². The lowest BCUT2D eigenvalue weighted by Crippen LogP contribution is -1.97. The molecule has 5 aromatic rings. The summed E-state index contributed by atoms with van der Waals surface area (Å²) in [5, 5.41) is 12.1. The van der Waals surface area contributed by atoms with Crippen LogP contribution < -0.4 is 4.74 Å². The number of halogens is 1. The Bertz CT molecular complexity index is 1320. The van der Waals surface area contributed by atoms with Crippen molar-refractivity contribution in [3.05, 3.63) is 102 Å². The number of para-hydroxylation sites is 1. The molecule has 2 aromatic heterocycles. The molecule has 0 fully saturated rings. The second-order valence-corrected chi connectivity index (χ2v) is 6.97. The number of hydrogen-bond acceptors (Lipinski definition) is 7. The molecule has 158 valence electrons. The zero-order valence-corrected chi connectivity index (χ0v) is 16.8. The van der Waals surface area contributed by atoms with Gasteiger partial charge in [-0.3, -0.25) is 0 Å². The van der Waals surface area contributed by atoms with E-state index in [9.17, 15) is 4.39 Å². The minimum absolute atomic E-state index is 0.175. The van der Waals surface area contributed by atoms with Crippen molar-refractivity contribution >= 4 is 0 Å². The van der Waals surface area contributed by atoms with Gasteiger partial charge in [-0.25, -0.2) is 4.39 Å². The van der Waals surface area contributed by atoms with Crippen molar-refractivity contribution < 1.29 is 18.1 Å². The van der Waals surface area contributed by atoms with E-state index in [0.717, 1.165) is 11.1 Å². The van der Waals surface area contributed by atoms with Gasteiger partial charge in [0.2, 0.25) is 23.5 Å². The molecule has 7 nitrogen and oxygen atoms in total. The Labute approximate surface area is 182 Å². The van der Waals surface area contributed by atoms with Crippen LogP contribution in [0.25, 0.3) is 22.8 Å². The van der Waals surface area contributed by atoms with Gasteiger partial charge in [-0.1, -0.05) is 47.6 Å². The summed E-state index contributed by atoms with van der Waals surface area (Å²) >= 11 is 0. The van der Waals surface area contributed by atoms with Gasteiger partial charge in [0.25, 0.3) is 0 Å². The van der Waals surface area contributed by atoms with Gasteiger partial charge >= 0.3 is 0 Å². The van der Waals surface area contributed by atoms with Crippen molar-refractivity contribution in [3.8, 4) is 28.6 Å². The predicted octanol–water partition coefficient (Wildman–Crippen LogP) is 5.10. The largest absolute Gasteiger partial charge is 0.488 e. The summed E-state index contributed by atoms with van der Waals surface area (Å²) in [6, 6.07) is 23.2. The Balaban J connectivity index is 1.31. The number of aromatic nitrogens is 4. The normalized spacial score (nSPS) is 10.9. The van der Waals surface area contributed by atoms with Gasteiger partial charge < -0.3 is 13.7 Å².